The number of carbonyl (C=O) groups is 2. The molecule has 2 amide bonds. The summed E-state index contributed by atoms with van der Waals surface area (Å²) in [6, 6.07) is 13.2. The van der Waals surface area contributed by atoms with Gasteiger partial charge in [0.15, 0.2) is 0 Å². The van der Waals surface area contributed by atoms with Crippen LogP contribution in [-0.4, -0.2) is 96.2 Å². The largest absolute Gasteiger partial charge is 0.493 e. The molecule has 0 spiro atoms. The highest BCUT2D eigenvalue weighted by Gasteiger charge is 2.48. The molecule has 1 aliphatic carbocycles. The van der Waals surface area contributed by atoms with Crippen LogP contribution >= 0.6 is 11.6 Å². The lowest BCUT2D eigenvalue weighted by molar-refractivity contribution is -0.124. The van der Waals surface area contributed by atoms with Gasteiger partial charge in [0.2, 0.25) is 5.91 Å². The summed E-state index contributed by atoms with van der Waals surface area (Å²) in [5.74, 6) is 1.33. The average Bonchev–Trinajstić information content (AvgIpc) is 3.08. The monoisotopic (exact) mass is 744 g/mol. The van der Waals surface area contributed by atoms with Crippen LogP contribution in [0, 0.1) is 11.8 Å². The SMILES string of the molecule is CCCC[C@](CN1CCOCC1)(NC(C)=O)C1CCC1CN(C)CC(COc1ccc(C(=O)NS(=O)C(C)C)cc1)c1ccc(Cl)cc1CCC. The Kier molecular flexibility index (Phi) is 16.3. The molecule has 2 aromatic carbocycles. The highest BCUT2D eigenvalue weighted by atomic mass is 35.5. The van der Waals surface area contributed by atoms with Crippen LogP contribution < -0.4 is 14.8 Å². The van der Waals surface area contributed by atoms with Crippen LogP contribution in [0.5, 0.6) is 5.75 Å². The Morgan fingerprint density at radius 3 is 2.43 bits per heavy atom. The zero-order valence-corrected chi connectivity index (χ0v) is 33.3. The van der Waals surface area contributed by atoms with Gasteiger partial charge in [0, 0.05) is 61.4 Å². The second-order valence-electron chi connectivity index (χ2n) is 14.9. The first-order valence-corrected chi connectivity index (χ1v) is 20.5. The van der Waals surface area contributed by atoms with E-state index in [4.69, 9.17) is 21.1 Å². The topological polar surface area (TPSA) is 100 Å². The summed E-state index contributed by atoms with van der Waals surface area (Å²) in [7, 11) is 0.773. The maximum atomic E-state index is 12.7. The number of amides is 2. The standard InChI is InChI=1S/C40H61ClN4O5S/c1-7-9-19-40(42-30(5)46,28-45-20-22-49-23-21-45)38-18-13-33(38)25-44(6)26-34(37-17-14-35(41)24-32(37)10-8-2)27-50-36-15-11-31(12-16-36)39(47)43-51(48)29(3)4/h11-12,14-17,24,29,33-34,38H,7-10,13,18-23,25-28H2,1-6H3,(H,42,46)(H,43,47)/t33?,34?,38?,40-,51?/m1/s1. The van der Waals surface area contributed by atoms with Gasteiger partial charge in [0.1, 0.15) is 16.7 Å². The fourth-order valence-electron chi connectivity index (χ4n) is 7.81. The van der Waals surface area contributed by atoms with Crippen molar-refractivity contribution in [1.29, 1.82) is 0 Å². The molecule has 5 atom stereocenters. The number of nitrogens with zero attached hydrogens (tertiary/aromatic N) is 2. The van der Waals surface area contributed by atoms with Crippen molar-refractivity contribution >= 4 is 34.4 Å². The summed E-state index contributed by atoms with van der Waals surface area (Å²) >= 11 is 6.49. The van der Waals surface area contributed by atoms with Crippen molar-refractivity contribution in [1.82, 2.24) is 19.8 Å². The summed E-state index contributed by atoms with van der Waals surface area (Å²) in [6.07, 6.45) is 7.39. The van der Waals surface area contributed by atoms with E-state index < -0.39 is 11.0 Å². The molecule has 1 aliphatic heterocycles. The lowest BCUT2D eigenvalue weighted by atomic mass is 9.61. The Morgan fingerprint density at radius 1 is 1.10 bits per heavy atom. The van der Waals surface area contributed by atoms with Gasteiger partial charge in [-0.2, -0.15) is 0 Å². The quantitative estimate of drug-likeness (QED) is 0.157. The Bertz CT molecular complexity index is 1440. The lowest BCUT2D eigenvalue weighted by Crippen LogP contribution is -2.65. The third kappa shape index (κ3) is 12.0. The van der Waals surface area contributed by atoms with E-state index in [-0.39, 0.29) is 28.5 Å². The first-order chi connectivity index (χ1) is 24.4. The second kappa shape index (κ2) is 20.1. The van der Waals surface area contributed by atoms with E-state index in [0.717, 1.165) is 95.9 Å². The number of morpholine rings is 1. The van der Waals surface area contributed by atoms with Gasteiger partial charge in [-0.15, -0.1) is 0 Å². The Labute approximate surface area is 314 Å². The lowest BCUT2D eigenvalue weighted by Gasteiger charge is -2.53. The van der Waals surface area contributed by atoms with E-state index in [2.05, 4.69) is 52.9 Å². The van der Waals surface area contributed by atoms with Crippen molar-refractivity contribution in [3.63, 3.8) is 0 Å². The van der Waals surface area contributed by atoms with Crippen LogP contribution in [0.15, 0.2) is 42.5 Å². The fourth-order valence-corrected chi connectivity index (χ4v) is 8.54. The average molecular weight is 745 g/mol. The molecule has 2 N–H and O–H groups in total. The molecule has 11 heteroatoms. The number of unbranched alkanes of at least 4 members (excludes halogenated alkanes) is 1. The molecule has 0 aromatic heterocycles. The molecule has 1 heterocycles. The van der Waals surface area contributed by atoms with Gasteiger partial charge < -0.3 is 19.7 Å². The number of aryl methyl sites for hydroxylation is 1. The number of rotatable bonds is 20. The molecular weight excluding hydrogens is 684 g/mol. The number of likely N-dealkylation sites (N-methyl/N-ethyl adjacent to an activating group) is 1. The third-order valence-electron chi connectivity index (χ3n) is 10.5. The maximum Gasteiger partial charge on any atom is 0.262 e. The molecule has 9 nitrogen and oxygen atoms in total. The van der Waals surface area contributed by atoms with Gasteiger partial charge in [0.05, 0.1) is 25.4 Å². The van der Waals surface area contributed by atoms with Crippen LogP contribution in [-0.2, 0) is 26.9 Å². The number of carbonyl (C=O) groups excluding carboxylic acids is 2. The minimum absolute atomic E-state index is 0.0564. The molecule has 1 saturated carbocycles. The Balaban J connectivity index is 1.50. The van der Waals surface area contributed by atoms with Crippen LogP contribution in [0.2, 0.25) is 5.02 Å². The molecule has 2 aromatic rings. The number of hydrogen-bond acceptors (Lipinski definition) is 7. The summed E-state index contributed by atoms with van der Waals surface area (Å²) in [5, 5.41) is 4.10. The normalized spacial score (nSPS) is 20.3. The molecule has 2 aliphatic rings. The van der Waals surface area contributed by atoms with Crippen molar-refractivity contribution < 1.29 is 23.3 Å². The van der Waals surface area contributed by atoms with Gasteiger partial charge in [-0.05, 0) is 106 Å². The van der Waals surface area contributed by atoms with Gasteiger partial charge >= 0.3 is 0 Å². The molecule has 4 rings (SSSR count). The number of hydrogen-bond donors (Lipinski definition) is 2. The number of nitrogens with one attached hydrogen (secondary N) is 2. The molecule has 0 radical (unpaired) electrons. The zero-order valence-electron chi connectivity index (χ0n) is 31.7. The van der Waals surface area contributed by atoms with Crippen molar-refractivity contribution in [3.8, 4) is 5.75 Å². The van der Waals surface area contributed by atoms with Crippen LogP contribution in [0.1, 0.15) is 101 Å². The molecule has 51 heavy (non-hydrogen) atoms. The van der Waals surface area contributed by atoms with Crippen LogP contribution in [0.25, 0.3) is 0 Å². The molecule has 2 fully saturated rings. The Morgan fingerprint density at radius 2 is 1.82 bits per heavy atom. The first kappa shape index (κ1) is 41.3. The smallest absolute Gasteiger partial charge is 0.262 e. The van der Waals surface area contributed by atoms with Gasteiger partial charge in [-0.3, -0.25) is 19.2 Å². The van der Waals surface area contributed by atoms with E-state index in [1.165, 1.54) is 11.1 Å². The highest BCUT2D eigenvalue weighted by molar-refractivity contribution is 7.84. The van der Waals surface area contributed by atoms with Crippen LogP contribution in [0.4, 0.5) is 0 Å². The number of halogens is 1. The van der Waals surface area contributed by atoms with E-state index in [0.29, 0.717) is 29.8 Å². The number of ether oxygens (including phenoxy) is 2. The predicted molar refractivity (Wildman–Crippen MR) is 208 cm³/mol. The summed E-state index contributed by atoms with van der Waals surface area (Å²) in [6.45, 7) is 16.1. The highest BCUT2D eigenvalue weighted by Crippen LogP contribution is 2.45. The van der Waals surface area contributed by atoms with E-state index in [9.17, 15) is 13.8 Å². The van der Waals surface area contributed by atoms with Gasteiger partial charge in [-0.1, -0.05) is 50.8 Å². The summed E-state index contributed by atoms with van der Waals surface area (Å²) < 4.78 is 26.8. The molecule has 4 unspecified atom stereocenters. The maximum absolute atomic E-state index is 12.7. The minimum atomic E-state index is -1.44. The molecule has 1 saturated heterocycles. The summed E-state index contributed by atoms with van der Waals surface area (Å²) in [4.78, 5) is 30.3. The third-order valence-corrected chi connectivity index (χ3v) is 11.9. The predicted octanol–water partition coefficient (Wildman–Crippen LogP) is 6.61. The van der Waals surface area contributed by atoms with Crippen molar-refractivity contribution in [2.45, 2.75) is 96.3 Å². The first-order valence-electron chi connectivity index (χ1n) is 18.9. The second-order valence-corrected chi connectivity index (χ2v) is 17.1. The fraction of sp³-hybridized carbons (Fsp3) is 0.650. The van der Waals surface area contributed by atoms with Gasteiger partial charge in [-0.25, -0.2) is 4.21 Å². The van der Waals surface area contributed by atoms with Gasteiger partial charge in [0.25, 0.3) is 5.91 Å². The van der Waals surface area contributed by atoms with E-state index in [1.807, 2.05) is 6.07 Å². The van der Waals surface area contributed by atoms with E-state index >= 15 is 0 Å². The molecule has 284 valence electrons. The van der Waals surface area contributed by atoms with Crippen molar-refractivity contribution in [2.24, 2.45) is 11.8 Å². The number of benzene rings is 2. The molecular formula is C40H61ClN4O5S. The van der Waals surface area contributed by atoms with Crippen LogP contribution in [0.3, 0.4) is 0 Å². The van der Waals surface area contributed by atoms with Crippen molar-refractivity contribution in [3.05, 3.63) is 64.2 Å². The minimum Gasteiger partial charge on any atom is -0.493 e. The van der Waals surface area contributed by atoms with E-state index in [1.54, 1.807) is 45.0 Å². The Hall–Kier alpha value is -2.50. The summed E-state index contributed by atoms with van der Waals surface area (Å²) in [5.41, 5.74) is 2.68. The zero-order chi connectivity index (χ0) is 37.0. The molecule has 0 bridgehead atoms. The van der Waals surface area contributed by atoms with Crippen molar-refractivity contribution in [2.75, 3.05) is 59.6 Å².